The molecule has 0 aliphatic carbocycles. The minimum atomic E-state index is 0.212. The Morgan fingerprint density at radius 3 is 2.71 bits per heavy atom. The Morgan fingerprint density at radius 2 is 2.10 bits per heavy atom. The molecular formula is C16H25N3O2. The predicted molar refractivity (Wildman–Crippen MR) is 83.5 cm³/mol. The van der Waals surface area contributed by atoms with Crippen LogP contribution < -0.4 is 10.1 Å². The molecule has 1 aromatic rings. The molecule has 1 fully saturated rings. The number of aryl methyl sites for hydroxylation is 1. The second-order valence-corrected chi connectivity index (χ2v) is 5.61. The van der Waals surface area contributed by atoms with E-state index in [9.17, 15) is 4.79 Å². The van der Waals surface area contributed by atoms with Crippen molar-refractivity contribution in [2.45, 2.75) is 13.5 Å². The zero-order chi connectivity index (χ0) is 15.2. The summed E-state index contributed by atoms with van der Waals surface area (Å²) in [5, 5.41) is 3.26. The van der Waals surface area contributed by atoms with Crippen LogP contribution in [0.5, 0.6) is 5.75 Å². The molecule has 1 aliphatic heterocycles. The third kappa shape index (κ3) is 4.44. The van der Waals surface area contributed by atoms with Crippen LogP contribution in [0.4, 0.5) is 0 Å². The Hall–Kier alpha value is -1.59. The molecule has 5 heteroatoms. The van der Waals surface area contributed by atoms with E-state index in [4.69, 9.17) is 4.74 Å². The fourth-order valence-electron chi connectivity index (χ4n) is 2.65. The maximum Gasteiger partial charge on any atom is 0.236 e. The topological polar surface area (TPSA) is 44.8 Å². The Kier molecular flexibility index (Phi) is 5.59. The fraction of sp³-hybridized carbons (Fsp3) is 0.562. The molecule has 0 radical (unpaired) electrons. The summed E-state index contributed by atoms with van der Waals surface area (Å²) in [5.74, 6) is 1.11. The van der Waals surface area contributed by atoms with Gasteiger partial charge < -0.3 is 15.0 Å². The first-order valence-electron chi connectivity index (χ1n) is 7.40. The number of benzene rings is 1. The number of nitrogens with zero attached hydrogens (tertiary/aromatic N) is 2. The van der Waals surface area contributed by atoms with Gasteiger partial charge in [-0.2, -0.15) is 0 Å². The van der Waals surface area contributed by atoms with E-state index in [0.29, 0.717) is 6.54 Å². The van der Waals surface area contributed by atoms with Gasteiger partial charge in [-0.15, -0.1) is 0 Å². The quantitative estimate of drug-likeness (QED) is 0.874. The Bertz CT molecular complexity index is 484. The summed E-state index contributed by atoms with van der Waals surface area (Å²) >= 11 is 0. The highest BCUT2D eigenvalue weighted by Gasteiger charge is 2.17. The number of rotatable bonds is 5. The van der Waals surface area contributed by atoms with Crippen molar-refractivity contribution in [3.63, 3.8) is 0 Å². The first kappa shape index (κ1) is 15.8. The number of carbonyl (C=O) groups is 1. The minimum Gasteiger partial charge on any atom is -0.496 e. The molecule has 116 valence electrons. The number of likely N-dealkylation sites (N-methyl/N-ethyl adjacent to an activating group) is 1. The van der Waals surface area contributed by atoms with Crippen LogP contribution in [-0.2, 0) is 11.3 Å². The van der Waals surface area contributed by atoms with Gasteiger partial charge in [0, 0.05) is 32.7 Å². The maximum atomic E-state index is 12.2. The van der Waals surface area contributed by atoms with Gasteiger partial charge in [-0.1, -0.05) is 12.1 Å². The molecule has 1 aromatic carbocycles. The molecule has 1 N–H and O–H groups in total. The molecule has 0 spiro atoms. The van der Waals surface area contributed by atoms with Crippen molar-refractivity contribution in [2.75, 3.05) is 46.9 Å². The summed E-state index contributed by atoms with van der Waals surface area (Å²) in [7, 11) is 3.67. The molecule has 1 saturated heterocycles. The summed E-state index contributed by atoms with van der Waals surface area (Å²) in [6.07, 6.45) is 0. The first-order valence-corrected chi connectivity index (χ1v) is 7.40. The van der Waals surface area contributed by atoms with Gasteiger partial charge in [0.05, 0.1) is 13.7 Å². The lowest BCUT2D eigenvalue weighted by atomic mass is 10.1. The highest BCUT2D eigenvalue weighted by atomic mass is 16.5. The number of piperazine rings is 1. The van der Waals surface area contributed by atoms with Gasteiger partial charge in [0.1, 0.15) is 5.75 Å². The van der Waals surface area contributed by atoms with Crippen molar-refractivity contribution < 1.29 is 9.53 Å². The van der Waals surface area contributed by atoms with E-state index in [1.165, 1.54) is 5.56 Å². The summed E-state index contributed by atoms with van der Waals surface area (Å²) in [5.41, 5.74) is 2.32. The van der Waals surface area contributed by atoms with Crippen molar-refractivity contribution in [3.8, 4) is 5.75 Å². The maximum absolute atomic E-state index is 12.2. The third-order valence-corrected chi connectivity index (χ3v) is 3.79. The van der Waals surface area contributed by atoms with Gasteiger partial charge >= 0.3 is 0 Å². The number of nitrogens with one attached hydrogen (secondary N) is 1. The SMILES string of the molecule is COc1ccc(CN(C)CC(=O)N2CCNCC2)cc1C. The van der Waals surface area contributed by atoms with Crippen LogP contribution in [-0.4, -0.2) is 62.6 Å². The summed E-state index contributed by atoms with van der Waals surface area (Å²) in [6, 6.07) is 6.15. The third-order valence-electron chi connectivity index (χ3n) is 3.79. The first-order chi connectivity index (χ1) is 10.1. The van der Waals surface area contributed by atoms with E-state index in [-0.39, 0.29) is 5.91 Å². The number of ether oxygens (including phenoxy) is 1. The normalized spacial score (nSPS) is 15.3. The Labute approximate surface area is 126 Å². The van der Waals surface area contributed by atoms with E-state index in [1.807, 2.05) is 24.9 Å². The van der Waals surface area contributed by atoms with E-state index in [0.717, 1.165) is 44.0 Å². The van der Waals surface area contributed by atoms with E-state index >= 15 is 0 Å². The number of carbonyl (C=O) groups excluding carboxylic acids is 1. The summed E-state index contributed by atoms with van der Waals surface area (Å²) in [4.78, 5) is 16.2. The van der Waals surface area contributed by atoms with Crippen LogP contribution in [0.15, 0.2) is 18.2 Å². The van der Waals surface area contributed by atoms with Crippen molar-refractivity contribution in [3.05, 3.63) is 29.3 Å². The van der Waals surface area contributed by atoms with Crippen LogP contribution in [0.25, 0.3) is 0 Å². The average molecular weight is 291 g/mol. The number of amides is 1. The van der Waals surface area contributed by atoms with Gasteiger partial charge in [-0.3, -0.25) is 9.69 Å². The summed E-state index contributed by atoms with van der Waals surface area (Å²) < 4.78 is 5.27. The van der Waals surface area contributed by atoms with E-state index in [2.05, 4.69) is 22.3 Å². The van der Waals surface area contributed by atoms with Crippen LogP contribution >= 0.6 is 0 Å². The van der Waals surface area contributed by atoms with Gasteiger partial charge in [0.2, 0.25) is 5.91 Å². The van der Waals surface area contributed by atoms with E-state index < -0.39 is 0 Å². The molecule has 0 aromatic heterocycles. The van der Waals surface area contributed by atoms with Gasteiger partial charge in [0.15, 0.2) is 0 Å². The predicted octanol–water partition coefficient (Wildman–Crippen LogP) is 0.867. The average Bonchev–Trinajstić information content (AvgIpc) is 2.48. The molecule has 0 unspecified atom stereocenters. The van der Waals surface area contributed by atoms with E-state index in [1.54, 1.807) is 7.11 Å². The molecule has 0 saturated carbocycles. The van der Waals surface area contributed by atoms with Gasteiger partial charge in [-0.05, 0) is 31.2 Å². The molecule has 0 bridgehead atoms. The highest BCUT2D eigenvalue weighted by molar-refractivity contribution is 5.78. The van der Waals surface area contributed by atoms with Crippen LogP contribution in [0, 0.1) is 6.92 Å². The zero-order valence-electron chi connectivity index (χ0n) is 13.2. The lowest BCUT2D eigenvalue weighted by Crippen LogP contribution is -2.49. The Morgan fingerprint density at radius 1 is 1.38 bits per heavy atom. The molecular weight excluding hydrogens is 266 g/mol. The van der Waals surface area contributed by atoms with Crippen molar-refractivity contribution in [2.24, 2.45) is 0 Å². The summed E-state index contributed by atoms with van der Waals surface area (Å²) in [6.45, 7) is 6.69. The van der Waals surface area contributed by atoms with Crippen molar-refractivity contribution in [1.29, 1.82) is 0 Å². The highest BCUT2D eigenvalue weighted by Crippen LogP contribution is 2.19. The van der Waals surface area contributed by atoms with Crippen LogP contribution in [0.1, 0.15) is 11.1 Å². The molecule has 21 heavy (non-hydrogen) atoms. The number of hydrogen-bond acceptors (Lipinski definition) is 4. The monoisotopic (exact) mass is 291 g/mol. The van der Waals surface area contributed by atoms with Gasteiger partial charge in [-0.25, -0.2) is 0 Å². The van der Waals surface area contributed by atoms with Crippen molar-refractivity contribution >= 4 is 5.91 Å². The smallest absolute Gasteiger partial charge is 0.236 e. The lowest BCUT2D eigenvalue weighted by molar-refractivity contribution is -0.132. The molecule has 1 amide bonds. The standard InChI is InChI=1S/C16H25N3O2/c1-13-10-14(4-5-15(13)21-3)11-18(2)12-16(20)19-8-6-17-7-9-19/h4-5,10,17H,6-9,11-12H2,1-3H3. The van der Waals surface area contributed by atoms with Crippen LogP contribution in [0.3, 0.4) is 0 Å². The lowest BCUT2D eigenvalue weighted by Gasteiger charge is -2.29. The zero-order valence-corrected chi connectivity index (χ0v) is 13.2. The fourth-order valence-corrected chi connectivity index (χ4v) is 2.65. The number of hydrogen-bond donors (Lipinski definition) is 1. The molecule has 0 atom stereocenters. The Balaban J connectivity index is 1.87. The largest absolute Gasteiger partial charge is 0.496 e. The molecule has 1 aliphatic rings. The second kappa shape index (κ2) is 7.43. The van der Waals surface area contributed by atoms with Gasteiger partial charge in [0.25, 0.3) is 0 Å². The molecule has 1 heterocycles. The van der Waals surface area contributed by atoms with Crippen molar-refractivity contribution in [1.82, 2.24) is 15.1 Å². The second-order valence-electron chi connectivity index (χ2n) is 5.61. The number of methoxy groups -OCH3 is 1. The molecule has 2 rings (SSSR count). The van der Waals surface area contributed by atoms with Crippen LogP contribution in [0.2, 0.25) is 0 Å². The minimum absolute atomic E-state index is 0.212. The molecule has 5 nitrogen and oxygen atoms in total.